The number of nitrogens with zero attached hydrogens (tertiary/aromatic N) is 2. The van der Waals surface area contributed by atoms with Gasteiger partial charge in [0.25, 0.3) is 5.91 Å². The van der Waals surface area contributed by atoms with Crippen LogP contribution in [0.2, 0.25) is 0 Å². The quantitative estimate of drug-likeness (QED) is 0.651. The maximum atomic E-state index is 12.9. The minimum absolute atomic E-state index is 0.0410. The van der Waals surface area contributed by atoms with E-state index < -0.39 is 0 Å². The molecule has 0 aromatic heterocycles. The number of benzene rings is 2. The summed E-state index contributed by atoms with van der Waals surface area (Å²) < 4.78 is 5.17. The Labute approximate surface area is 159 Å². The average Bonchev–Trinajstić information content (AvgIpc) is 2.73. The molecule has 2 aromatic rings. The minimum atomic E-state index is -0.265. The van der Waals surface area contributed by atoms with Crippen molar-refractivity contribution in [3.8, 4) is 11.8 Å². The number of nitrogens with one attached hydrogen (secondary N) is 1. The predicted molar refractivity (Wildman–Crippen MR) is 105 cm³/mol. The third-order valence-electron chi connectivity index (χ3n) is 4.80. The Balaban J connectivity index is 1.74. The molecule has 0 spiro atoms. The summed E-state index contributed by atoms with van der Waals surface area (Å²) in [5.41, 5.74) is 3.19. The molecule has 0 saturated heterocycles. The highest BCUT2D eigenvalue weighted by atomic mass is 16.5. The molecule has 3 rings (SSSR count). The number of fused-ring (bicyclic) bond motifs is 1. The van der Waals surface area contributed by atoms with Crippen LogP contribution in [0.1, 0.15) is 30.5 Å². The Kier molecular flexibility index (Phi) is 5.77. The Morgan fingerprint density at radius 3 is 2.70 bits per heavy atom. The van der Waals surface area contributed by atoms with Gasteiger partial charge in [0.05, 0.1) is 7.11 Å². The summed E-state index contributed by atoms with van der Waals surface area (Å²) in [6.45, 7) is 2.61. The summed E-state index contributed by atoms with van der Waals surface area (Å²) in [6.07, 6.45) is 3.38. The van der Waals surface area contributed by atoms with Gasteiger partial charge in [0.2, 0.25) is 0 Å². The van der Waals surface area contributed by atoms with Gasteiger partial charge in [0.15, 0.2) is 0 Å². The van der Waals surface area contributed by atoms with E-state index in [1.165, 1.54) is 6.20 Å². The fraction of sp³-hybridized carbons (Fsp3) is 0.273. The predicted octanol–water partition coefficient (Wildman–Crippen LogP) is 3.73. The van der Waals surface area contributed by atoms with E-state index in [1.54, 1.807) is 12.0 Å². The summed E-state index contributed by atoms with van der Waals surface area (Å²) in [5.74, 6) is 0.525. The van der Waals surface area contributed by atoms with E-state index in [0.717, 1.165) is 35.4 Å². The molecule has 138 valence electrons. The molecule has 1 N–H and O–H groups in total. The monoisotopic (exact) mass is 361 g/mol. The number of nitriles is 1. The van der Waals surface area contributed by atoms with Crippen LogP contribution in [0, 0.1) is 11.3 Å². The van der Waals surface area contributed by atoms with Crippen molar-refractivity contribution in [2.45, 2.75) is 25.8 Å². The summed E-state index contributed by atoms with van der Waals surface area (Å²) in [6, 6.07) is 17.6. The fourth-order valence-corrected chi connectivity index (χ4v) is 3.23. The van der Waals surface area contributed by atoms with Gasteiger partial charge in [-0.05, 0) is 49.1 Å². The molecule has 1 aliphatic rings. The molecule has 1 unspecified atom stereocenters. The first-order chi connectivity index (χ1) is 13.1. The van der Waals surface area contributed by atoms with Gasteiger partial charge in [-0.2, -0.15) is 5.26 Å². The third-order valence-corrected chi connectivity index (χ3v) is 4.80. The first-order valence-electron chi connectivity index (χ1n) is 9.04. The van der Waals surface area contributed by atoms with Gasteiger partial charge in [-0.15, -0.1) is 0 Å². The molecule has 27 heavy (non-hydrogen) atoms. The molecular weight excluding hydrogens is 338 g/mol. The number of rotatable bonds is 5. The summed E-state index contributed by atoms with van der Waals surface area (Å²) in [5, 5.41) is 12.7. The zero-order valence-corrected chi connectivity index (χ0v) is 15.6. The number of para-hydroxylation sites is 1. The number of carbonyl (C=O) groups is 1. The smallest absolute Gasteiger partial charge is 0.270 e. The van der Waals surface area contributed by atoms with Crippen molar-refractivity contribution in [1.82, 2.24) is 5.32 Å². The van der Waals surface area contributed by atoms with Crippen LogP contribution in [-0.4, -0.2) is 19.6 Å². The number of amides is 1. The molecule has 0 fully saturated rings. The number of ether oxygens (including phenoxy) is 1. The standard InChI is InChI=1S/C22H23N3O2/c1-16(17-9-11-20(27-2)12-10-17)24-15-19(14-23)22(26)25-13-5-7-18-6-3-4-8-21(18)25/h3-4,6,8-12,15-16,24H,5,7,13H2,1-2H3/b19-15-. The molecule has 5 heteroatoms. The molecule has 0 radical (unpaired) electrons. The van der Waals surface area contributed by atoms with E-state index in [1.807, 2.05) is 61.5 Å². The Hall–Kier alpha value is -3.26. The van der Waals surface area contributed by atoms with Crippen LogP contribution in [0.4, 0.5) is 5.69 Å². The molecule has 0 aliphatic carbocycles. The maximum Gasteiger partial charge on any atom is 0.270 e. The van der Waals surface area contributed by atoms with Gasteiger partial charge in [-0.25, -0.2) is 0 Å². The number of anilines is 1. The first-order valence-corrected chi connectivity index (χ1v) is 9.04. The van der Waals surface area contributed by atoms with Crippen LogP contribution in [0.15, 0.2) is 60.3 Å². The van der Waals surface area contributed by atoms with Crippen LogP contribution in [-0.2, 0) is 11.2 Å². The van der Waals surface area contributed by atoms with Crippen molar-refractivity contribution < 1.29 is 9.53 Å². The number of methoxy groups -OCH3 is 1. The van der Waals surface area contributed by atoms with Crippen molar-refractivity contribution >= 4 is 11.6 Å². The normalized spacial score (nSPS) is 14.7. The van der Waals surface area contributed by atoms with E-state index in [0.29, 0.717) is 6.54 Å². The second kappa shape index (κ2) is 8.41. The van der Waals surface area contributed by atoms with Crippen molar-refractivity contribution in [3.05, 3.63) is 71.4 Å². The largest absolute Gasteiger partial charge is 0.497 e. The summed E-state index contributed by atoms with van der Waals surface area (Å²) in [4.78, 5) is 14.6. The van der Waals surface area contributed by atoms with Crippen LogP contribution >= 0.6 is 0 Å². The lowest BCUT2D eigenvalue weighted by Crippen LogP contribution is -2.36. The first kappa shape index (κ1) is 18.5. The van der Waals surface area contributed by atoms with Gasteiger partial charge >= 0.3 is 0 Å². The summed E-state index contributed by atoms with van der Waals surface area (Å²) >= 11 is 0. The van der Waals surface area contributed by atoms with Crippen molar-refractivity contribution in [2.75, 3.05) is 18.6 Å². The van der Waals surface area contributed by atoms with E-state index >= 15 is 0 Å². The van der Waals surface area contributed by atoms with Gasteiger partial charge in [0, 0.05) is 24.5 Å². The second-order valence-corrected chi connectivity index (χ2v) is 6.52. The molecule has 0 saturated carbocycles. The molecule has 5 nitrogen and oxygen atoms in total. The van der Waals surface area contributed by atoms with Crippen molar-refractivity contribution in [3.63, 3.8) is 0 Å². The summed E-state index contributed by atoms with van der Waals surface area (Å²) in [7, 11) is 1.63. The fourth-order valence-electron chi connectivity index (χ4n) is 3.23. The molecule has 1 aliphatic heterocycles. The Bertz CT molecular complexity index is 881. The van der Waals surface area contributed by atoms with Crippen LogP contribution in [0.5, 0.6) is 5.75 Å². The average molecular weight is 361 g/mol. The van der Waals surface area contributed by atoms with Gasteiger partial charge in [-0.3, -0.25) is 4.79 Å². The van der Waals surface area contributed by atoms with Crippen molar-refractivity contribution in [2.24, 2.45) is 0 Å². The van der Waals surface area contributed by atoms with Gasteiger partial charge in [0.1, 0.15) is 17.4 Å². The molecular formula is C22H23N3O2. The molecule has 1 atom stereocenters. The number of hydrogen-bond acceptors (Lipinski definition) is 4. The van der Waals surface area contributed by atoms with Crippen LogP contribution < -0.4 is 15.0 Å². The highest BCUT2D eigenvalue weighted by molar-refractivity contribution is 6.08. The third kappa shape index (κ3) is 4.12. The number of carbonyl (C=O) groups excluding carboxylic acids is 1. The number of hydrogen-bond donors (Lipinski definition) is 1. The zero-order chi connectivity index (χ0) is 19.2. The van der Waals surface area contributed by atoms with Crippen LogP contribution in [0.25, 0.3) is 0 Å². The lowest BCUT2D eigenvalue weighted by molar-refractivity contribution is -0.114. The molecule has 1 heterocycles. The van der Waals surface area contributed by atoms with E-state index in [9.17, 15) is 10.1 Å². The second-order valence-electron chi connectivity index (χ2n) is 6.52. The topological polar surface area (TPSA) is 65.4 Å². The van der Waals surface area contributed by atoms with Gasteiger partial charge < -0.3 is 15.0 Å². The number of aryl methyl sites for hydroxylation is 1. The van der Waals surface area contributed by atoms with E-state index in [4.69, 9.17) is 4.74 Å². The lowest BCUT2D eigenvalue weighted by Gasteiger charge is -2.29. The van der Waals surface area contributed by atoms with Crippen LogP contribution in [0.3, 0.4) is 0 Å². The SMILES string of the molecule is COc1ccc(C(C)N/C=C(/C#N)C(=O)N2CCCc3ccccc32)cc1. The minimum Gasteiger partial charge on any atom is -0.497 e. The van der Waals surface area contributed by atoms with Gasteiger partial charge in [-0.1, -0.05) is 30.3 Å². The molecule has 0 bridgehead atoms. The van der Waals surface area contributed by atoms with E-state index in [2.05, 4.69) is 5.32 Å². The maximum absolute atomic E-state index is 12.9. The van der Waals surface area contributed by atoms with Crippen molar-refractivity contribution in [1.29, 1.82) is 5.26 Å². The lowest BCUT2D eigenvalue weighted by atomic mass is 10.0. The zero-order valence-electron chi connectivity index (χ0n) is 15.6. The Morgan fingerprint density at radius 2 is 2.00 bits per heavy atom. The van der Waals surface area contributed by atoms with E-state index in [-0.39, 0.29) is 17.5 Å². The highest BCUT2D eigenvalue weighted by Gasteiger charge is 2.24. The highest BCUT2D eigenvalue weighted by Crippen LogP contribution is 2.27. The molecule has 1 amide bonds. The Morgan fingerprint density at radius 1 is 1.26 bits per heavy atom. The molecule has 2 aromatic carbocycles.